The third-order valence-corrected chi connectivity index (χ3v) is 3.64. The first-order chi connectivity index (χ1) is 11.1. The normalized spacial score (nSPS) is 10.5. The van der Waals surface area contributed by atoms with Crippen LogP contribution in [0, 0.1) is 12.7 Å². The van der Waals surface area contributed by atoms with E-state index in [-0.39, 0.29) is 5.91 Å². The number of carbonyl (C=O) groups is 1. The van der Waals surface area contributed by atoms with Crippen molar-refractivity contribution in [1.82, 2.24) is 14.9 Å². The zero-order valence-electron chi connectivity index (χ0n) is 12.7. The predicted octanol–water partition coefficient (Wildman–Crippen LogP) is 3.25. The zero-order chi connectivity index (χ0) is 16.2. The standard InChI is InChI=1S/C18H16FN3O/c1-13-2-5-15(19)10-17(13)18(23)21-11-14-3-6-16(7-4-14)22-9-8-20-12-22/h2-10,12H,11H2,1H3,(H,21,23). The average Bonchev–Trinajstić information content (AvgIpc) is 3.10. The van der Waals surface area contributed by atoms with Crippen LogP contribution in [0.1, 0.15) is 21.5 Å². The number of aryl methyl sites for hydroxylation is 1. The fraction of sp³-hybridized carbons (Fsp3) is 0.111. The van der Waals surface area contributed by atoms with Gasteiger partial charge in [-0.25, -0.2) is 9.37 Å². The Morgan fingerprint density at radius 1 is 1.22 bits per heavy atom. The summed E-state index contributed by atoms with van der Waals surface area (Å²) in [7, 11) is 0. The summed E-state index contributed by atoms with van der Waals surface area (Å²) in [4.78, 5) is 16.2. The Labute approximate surface area is 133 Å². The fourth-order valence-corrected chi connectivity index (χ4v) is 2.31. The molecule has 0 atom stereocenters. The molecule has 4 nitrogen and oxygen atoms in total. The van der Waals surface area contributed by atoms with Crippen LogP contribution in [0.3, 0.4) is 0 Å². The first kappa shape index (κ1) is 15.0. The lowest BCUT2D eigenvalue weighted by Gasteiger charge is -2.09. The minimum Gasteiger partial charge on any atom is -0.348 e. The molecule has 0 aliphatic carbocycles. The van der Waals surface area contributed by atoms with Crippen molar-refractivity contribution in [1.29, 1.82) is 0 Å². The number of carbonyl (C=O) groups excluding carboxylic acids is 1. The number of imidazole rings is 1. The second kappa shape index (κ2) is 6.44. The van der Waals surface area contributed by atoms with E-state index in [9.17, 15) is 9.18 Å². The summed E-state index contributed by atoms with van der Waals surface area (Å²) in [6.07, 6.45) is 5.31. The summed E-state index contributed by atoms with van der Waals surface area (Å²) in [5.74, 6) is -0.689. The molecule has 2 aromatic carbocycles. The number of rotatable bonds is 4. The van der Waals surface area contributed by atoms with Gasteiger partial charge in [-0.3, -0.25) is 4.79 Å². The van der Waals surface area contributed by atoms with Gasteiger partial charge in [-0.05, 0) is 42.3 Å². The molecule has 0 spiro atoms. The molecule has 0 aliphatic heterocycles. The van der Waals surface area contributed by atoms with E-state index >= 15 is 0 Å². The molecule has 0 aliphatic rings. The summed E-state index contributed by atoms with van der Waals surface area (Å²) >= 11 is 0. The Morgan fingerprint density at radius 2 is 2.00 bits per heavy atom. The maximum atomic E-state index is 13.3. The molecule has 0 bridgehead atoms. The van der Waals surface area contributed by atoms with Crippen molar-refractivity contribution in [3.8, 4) is 5.69 Å². The first-order valence-electron chi connectivity index (χ1n) is 7.25. The van der Waals surface area contributed by atoms with Gasteiger partial charge in [0, 0.05) is 30.2 Å². The highest BCUT2D eigenvalue weighted by Gasteiger charge is 2.09. The molecule has 0 unspecified atom stereocenters. The molecule has 1 amide bonds. The van der Waals surface area contributed by atoms with Crippen molar-refractivity contribution in [2.24, 2.45) is 0 Å². The van der Waals surface area contributed by atoms with Crippen LogP contribution in [0.15, 0.2) is 61.2 Å². The van der Waals surface area contributed by atoms with Gasteiger partial charge in [-0.1, -0.05) is 18.2 Å². The van der Waals surface area contributed by atoms with Crippen LogP contribution < -0.4 is 5.32 Å². The highest BCUT2D eigenvalue weighted by molar-refractivity contribution is 5.95. The van der Waals surface area contributed by atoms with Crippen LogP contribution >= 0.6 is 0 Å². The van der Waals surface area contributed by atoms with Gasteiger partial charge in [0.05, 0.1) is 6.33 Å². The molecule has 0 saturated heterocycles. The number of nitrogens with one attached hydrogen (secondary N) is 1. The largest absolute Gasteiger partial charge is 0.348 e. The third-order valence-electron chi connectivity index (χ3n) is 3.64. The van der Waals surface area contributed by atoms with Crippen LogP contribution in [0.2, 0.25) is 0 Å². The van der Waals surface area contributed by atoms with Gasteiger partial charge >= 0.3 is 0 Å². The smallest absolute Gasteiger partial charge is 0.251 e. The quantitative estimate of drug-likeness (QED) is 0.804. The van der Waals surface area contributed by atoms with Gasteiger partial charge in [0.2, 0.25) is 0 Å². The molecular weight excluding hydrogens is 293 g/mol. The zero-order valence-corrected chi connectivity index (χ0v) is 12.7. The molecule has 3 rings (SSSR count). The Morgan fingerprint density at radius 3 is 2.70 bits per heavy atom. The molecule has 5 heteroatoms. The number of benzene rings is 2. The average molecular weight is 309 g/mol. The molecule has 23 heavy (non-hydrogen) atoms. The summed E-state index contributed by atoms with van der Waals surface area (Å²) in [5, 5.41) is 2.81. The highest BCUT2D eigenvalue weighted by Crippen LogP contribution is 2.12. The second-order valence-corrected chi connectivity index (χ2v) is 5.28. The van der Waals surface area contributed by atoms with Gasteiger partial charge in [0.1, 0.15) is 5.82 Å². The maximum absolute atomic E-state index is 13.3. The van der Waals surface area contributed by atoms with Crippen LogP contribution in [0.25, 0.3) is 5.69 Å². The van der Waals surface area contributed by atoms with Gasteiger partial charge in [-0.15, -0.1) is 0 Å². The summed E-state index contributed by atoms with van der Waals surface area (Å²) in [6, 6.07) is 12.0. The van der Waals surface area contributed by atoms with E-state index in [2.05, 4.69) is 10.3 Å². The topological polar surface area (TPSA) is 46.9 Å². The Hall–Kier alpha value is -2.95. The van der Waals surface area contributed by atoms with Gasteiger partial charge < -0.3 is 9.88 Å². The number of hydrogen-bond acceptors (Lipinski definition) is 2. The first-order valence-corrected chi connectivity index (χ1v) is 7.25. The van der Waals surface area contributed by atoms with Crippen molar-refractivity contribution in [2.75, 3.05) is 0 Å². The number of hydrogen-bond donors (Lipinski definition) is 1. The molecule has 1 N–H and O–H groups in total. The van der Waals surface area contributed by atoms with Crippen molar-refractivity contribution in [2.45, 2.75) is 13.5 Å². The van der Waals surface area contributed by atoms with Crippen molar-refractivity contribution >= 4 is 5.91 Å². The molecule has 1 heterocycles. The lowest BCUT2D eigenvalue weighted by atomic mass is 10.1. The molecule has 3 aromatic rings. The molecule has 1 aromatic heterocycles. The van der Waals surface area contributed by atoms with Crippen molar-refractivity contribution < 1.29 is 9.18 Å². The number of halogens is 1. The van der Waals surface area contributed by atoms with Gasteiger partial charge in [-0.2, -0.15) is 0 Å². The lowest BCUT2D eigenvalue weighted by molar-refractivity contribution is 0.0950. The van der Waals surface area contributed by atoms with E-state index in [1.165, 1.54) is 12.1 Å². The minimum absolute atomic E-state index is 0.277. The summed E-state index contributed by atoms with van der Waals surface area (Å²) < 4.78 is 15.2. The Balaban J connectivity index is 1.66. The van der Waals surface area contributed by atoms with Crippen LogP contribution in [-0.4, -0.2) is 15.5 Å². The van der Waals surface area contributed by atoms with E-state index in [4.69, 9.17) is 0 Å². The SMILES string of the molecule is Cc1ccc(F)cc1C(=O)NCc1ccc(-n2ccnc2)cc1. The highest BCUT2D eigenvalue weighted by atomic mass is 19.1. The van der Waals surface area contributed by atoms with E-state index in [0.717, 1.165) is 16.8 Å². The van der Waals surface area contributed by atoms with E-state index in [1.54, 1.807) is 25.5 Å². The van der Waals surface area contributed by atoms with Gasteiger partial charge in [0.15, 0.2) is 0 Å². The second-order valence-electron chi connectivity index (χ2n) is 5.28. The van der Waals surface area contributed by atoms with E-state index in [0.29, 0.717) is 12.1 Å². The number of amides is 1. The Kier molecular flexibility index (Phi) is 4.19. The lowest BCUT2D eigenvalue weighted by Crippen LogP contribution is -2.23. The fourth-order valence-electron chi connectivity index (χ4n) is 2.31. The monoisotopic (exact) mass is 309 g/mol. The van der Waals surface area contributed by atoms with Crippen LogP contribution in [-0.2, 0) is 6.54 Å². The maximum Gasteiger partial charge on any atom is 0.251 e. The predicted molar refractivity (Wildman–Crippen MR) is 85.9 cm³/mol. The van der Waals surface area contributed by atoms with E-state index < -0.39 is 5.82 Å². The van der Waals surface area contributed by atoms with Crippen LogP contribution in [0.5, 0.6) is 0 Å². The van der Waals surface area contributed by atoms with Crippen LogP contribution in [0.4, 0.5) is 4.39 Å². The third kappa shape index (κ3) is 3.45. The van der Waals surface area contributed by atoms with Gasteiger partial charge in [0.25, 0.3) is 5.91 Å². The molecular formula is C18H16FN3O. The van der Waals surface area contributed by atoms with Crippen molar-refractivity contribution in [3.63, 3.8) is 0 Å². The summed E-state index contributed by atoms with van der Waals surface area (Å²) in [6.45, 7) is 2.17. The number of nitrogens with zero attached hydrogens (tertiary/aromatic N) is 2. The minimum atomic E-state index is -0.412. The Bertz CT molecular complexity index is 811. The van der Waals surface area contributed by atoms with Crippen molar-refractivity contribution in [3.05, 3.63) is 83.7 Å². The number of aromatic nitrogens is 2. The molecule has 0 radical (unpaired) electrons. The summed E-state index contributed by atoms with van der Waals surface area (Å²) in [5.41, 5.74) is 3.08. The van der Waals surface area contributed by atoms with E-state index in [1.807, 2.05) is 35.0 Å². The molecule has 0 saturated carbocycles. The molecule has 116 valence electrons. The molecule has 0 fully saturated rings.